The summed E-state index contributed by atoms with van der Waals surface area (Å²) in [6, 6.07) is 4.48. The molecular formula is C13H21ClN2. The Bertz CT molecular complexity index is 278. The molecular weight excluding hydrogens is 220 g/mol. The Morgan fingerprint density at radius 2 is 1.94 bits per heavy atom. The van der Waals surface area contributed by atoms with Gasteiger partial charge in [0.05, 0.1) is 10.7 Å². The van der Waals surface area contributed by atoms with Crippen molar-refractivity contribution >= 4 is 11.6 Å². The average molecular weight is 241 g/mol. The molecule has 0 bridgehead atoms. The fourth-order valence-corrected chi connectivity index (χ4v) is 1.92. The van der Waals surface area contributed by atoms with Gasteiger partial charge in [-0.15, -0.1) is 0 Å². The van der Waals surface area contributed by atoms with Gasteiger partial charge in [0.1, 0.15) is 0 Å². The van der Waals surface area contributed by atoms with Crippen LogP contribution in [-0.4, -0.2) is 11.0 Å². The SMILES string of the molecule is CCCC(CCC)NCc1ccc(Cl)cn1. The van der Waals surface area contributed by atoms with Crippen molar-refractivity contribution in [3.05, 3.63) is 29.0 Å². The Balaban J connectivity index is 2.38. The van der Waals surface area contributed by atoms with Gasteiger partial charge in [-0.2, -0.15) is 0 Å². The molecule has 3 heteroatoms. The second-order valence-electron chi connectivity index (χ2n) is 4.12. The molecule has 0 unspecified atom stereocenters. The number of pyridine rings is 1. The molecule has 1 aromatic rings. The largest absolute Gasteiger partial charge is 0.308 e. The molecule has 0 atom stereocenters. The lowest BCUT2D eigenvalue weighted by molar-refractivity contribution is 0.440. The van der Waals surface area contributed by atoms with Gasteiger partial charge in [0.25, 0.3) is 0 Å². The molecule has 0 fully saturated rings. The van der Waals surface area contributed by atoms with Crippen molar-refractivity contribution in [2.75, 3.05) is 0 Å². The quantitative estimate of drug-likeness (QED) is 0.784. The maximum Gasteiger partial charge on any atom is 0.0589 e. The Labute approximate surface area is 103 Å². The standard InChI is InChI=1S/C13H21ClN2/c1-3-5-12(6-4-2)16-10-13-8-7-11(14)9-15-13/h7-9,12,16H,3-6,10H2,1-2H3. The van der Waals surface area contributed by atoms with Crippen molar-refractivity contribution in [2.24, 2.45) is 0 Å². The zero-order chi connectivity index (χ0) is 11.8. The highest BCUT2D eigenvalue weighted by atomic mass is 35.5. The van der Waals surface area contributed by atoms with E-state index in [2.05, 4.69) is 24.1 Å². The van der Waals surface area contributed by atoms with Gasteiger partial charge in [0.15, 0.2) is 0 Å². The summed E-state index contributed by atoms with van der Waals surface area (Å²) < 4.78 is 0. The first-order chi connectivity index (χ1) is 7.76. The molecule has 0 aliphatic heterocycles. The summed E-state index contributed by atoms with van der Waals surface area (Å²) in [6.45, 7) is 5.29. The minimum Gasteiger partial charge on any atom is -0.308 e. The van der Waals surface area contributed by atoms with Crippen LogP contribution in [0, 0.1) is 0 Å². The third kappa shape index (κ3) is 4.95. The van der Waals surface area contributed by atoms with Gasteiger partial charge in [0.2, 0.25) is 0 Å². The van der Waals surface area contributed by atoms with Gasteiger partial charge in [-0.3, -0.25) is 4.98 Å². The highest BCUT2D eigenvalue weighted by Gasteiger charge is 2.05. The normalized spacial score (nSPS) is 11.0. The van der Waals surface area contributed by atoms with Gasteiger partial charge < -0.3 is 5.32 Å². The summed E-state index contributed by atoms with van der Waals surface area (Å²) in [5, 5.41) is 4.25. The molecule has 2 nitrogen and oxygen atoms in total. The lowest BCUT2D eigenvalue weighted by Crippen LogP contribution is -2.28. The molecule has 1 rings (SSSR count). The molecule has 0 amide bonds. The number of nitrogens with one attached hydrogen (secondary N) is 1. The van der Waals surface area contributed by atoms with Gasteiger partial charge >= 0.3 is 0 Å². The predicted octanol–water partition coefficient (Wildman–Crippen LogP) is 3.79. The Morgan fingerprint density at radius 3 is 2.44 bits per heavy atom. The molecule has 0 radical (unpaired) electrons. The summed E-state index contributed by atoms with van der Waals surface area (Å²) in [7, 11) is 0. The summed E-state index contributed by atoms with van der Waals surface area (Å²) in [4.78, 5) is 4.28. The van der Waals surface area contributed by atoms with E-state index in [0.29, 0.717) is 11.1 Å². The van der Waals surface area contributed by atoms with E-state index >= 15 is 0 Å². The van der Waals surface area contributed by atoms with Crippen LogP contribution < -0.4 is 5.32 Å². The van der Waals surface area contributed by atoms with Crippen LogP contribution in [0.3, 0.4) is 0 Å². The lowest BCUT2D eigenvalue weighted by Gasteiger charge is -2.16. The zero-order valence-electron chi connectivity index (χ0n) is 10.2. The average Bonchev–Trinajstić information content (AvgIpc) is 2.29. The van der Waals surface area contributed by atoms with E-state index in [1.807, 2.05) is 12.1 Å². The number of rotatable bonds is 7. The third-order valence-electron chi connectivity index (χ3n) is 2.63. The molecule has 1 N–H and O–H groups in total. The second kappa shape index (κ2) is 7.64. The molecule has 0 spiro atoms. The van der Waals surface area contributed by atoms with Gasteiger partial charge in [-0.25, -0.2) is 0 Å². The van der Waals surface area contributed by atoms with Crippen LogP contribution in [0.25, 0.3) is 0 Å². The number of aromatic nitrogens is 1. The molecule has 1 aromatic heterocycles. The van der Waals surface area contributed by atoms with Gasteiger partial charge in [0, 0.05) is 18.8 Å². The Hall–Kier alpha value is -0.600. The number of nitrogens with zero attached hydrogens (tertiary/aromatic N) is 1. The van der Waals surface area contributed by atoms with Gasteiger partial charge in [-0.05, 0) is 25.0 Å². The first-order valence-electron chi connectivity index (χ1n) is 6.10. The fraction of sp³-hybridized carbons (Fsp3) is 0.615. The van der Waals surface area contributed by atoms with Crippen LogP contribution in [0.1, 0.15) is 45.2 Å². The van der Waals surface area contributed by atoms with Crippen molar-refractivity contribution in [1.82, 2.24) is 10.3 Å². The van der Waals surface area contributed by atoms with E-state index in [0.717, 1.165) is 12.2 Å². The molecule has 0 aliphatic rings. The van der Waals surface area contributed by atoms with Crippen LogP contribution >= 0.6 is 11.6 Å². The monoisotopic (exact) mass is 240 g/mol. The zero-order valence-corrected chi connectivity index (χ0v) is 10.9. The first kappa shape index (κ1) is 13.5. The smallest absolute Gasteiger partial charge is 0.0589 e. The molecule has 1 heterocycles. The highest BCUT2D eigenvalue weighted by molar-refractivity contribution is 6.30. The third-order valence-corrected chi connectivity index (χ3v) is 2.86. The van der Waals surface area contributed by atoms with E-state index in [4.69, 9.17) is 11.6 Å². The second-order valence-corrected chi connectivity index (χ2v) is 4.56. The summed E-state index contributed by atoms with van der Waals surface area (Å²) >= 11 is 5.79. The first-order valence-corrected chi connectivity index (χ1v) is 6.47. The van der Waals surface area contributed by atoms with Crippen molar-refractivity contribution in [1.29, 1.82) is 0 Å². The van der Waals surface area contributed by atoms with E-state index in [1.165, 1.54) is 25.7 Å². The van der Waals surface area contributed by atoms with E-state index in [-0.39, 0.29) is 0 Å². The minimum absolute atomic E-state index is 0.618. The van der Waals surface area contributed by atoms with Crippen LogP contribution in [-0.2, 0) is 6.54 Å². The highest BCUT2D eigenvalue weighted by Crippen LogP contribution is 2.08. The summed E-state index contributed by atoms with van der Waals surface area (Å²) in [5.41, 5.74) is 1.06. The Morgan fingerprint density at radius 1 is 1.25 bits per heavy atom. The van der Waals surface area contributed by atoms with Crippen LogP contribution in [0.4, 0.5) is 0 Å². The maximum atomic E-state index is 5.79. The lowest BCUT2D eigenvalue weighted by atomic mass is 10.1. The van der Waals surface area contributed by atoms with E-state index in [9.17, 15) is 0 Å². The van der Waals surface area contributed by atoms with Crippen molar-refractivity contribution in [3.8, 4) is 0 Å². The van der Waals surface area contributed by atoms with Crippen LogP contribution in [0.15, 0.2) is 18.3 Å². The van der Waals surface area contributed by atoms with Crippen molar-refractivity contribution in [2.45, 2.75) is 52.1 Å². The van der Waals surface area contributed by atoms with Crippen molar-refractivity contribution < 1.29 is 0 Å². The summed E-state index contributed by atoms with van der Waals surface area (Å²) in [5.74, 6) is 0. The molecule has 90 valence electrons. The fourth-order valence-electron chi connectivity index (χ4n) is 1.81. The van der Waals surface area contributed by atoms with E-state index in [1.54, 1.807) is 6.20 Å². The number of halogens is 1. The van der Waals surface area contributed by atoms with Gasteiger partial charge in [-0.1, -0.05) is 38.3 Å². The topological polar surface area (TPSA) is 24.9 Å². The minimum atomic E-state index is 0.618. The molecule has 0 aromatic carbocycles. The molecule has 0 saturated heterocycles. The van der Waals surface area contributed by atoms with E-state index < -0.39 is 0 Å². The number of hydrogen-bond acceptors (Lipinski definition) is 2. The van der Waals surface area contributed by atoms with Crippen LogP contribution in [0.5, 0.6) is 0 Å². The Kier molecular flexibility index (Phi) is 6.43. The molecule has 0 aliphatic carbocycles. The molecule has 16 heavy (non-hydrogen) atoms. The predicted molar refractivity (Wildman–Crippen MR) is 69.7 cm³/mol. The summed E-state index contributed by atoms with van der Waals surface area (Å²) in [6.07, 6.45) is 6.63. The van der Waals surface area contributed by atoms with Crippen LogP contribution in [0.2, 0.25) is 5.02 Å². The molecule has 0 saturated carbocycles. The van der Waals surface area contributed by atoms with Crippen molar-refractivity contribution in [3.63, 3.8) is 0 Å². The maximum absolute atomic E-state index is 5.79. The number of hydrogen-bond donors (Lipinski definition) is 1.